The summed E-state index contributed by atoms with van der Waals surface area (Å²) in [6, 6.07) is 2.79. The quantitative estimate of drug-likeness (QED) is 0.787. The van der Waals surface area contributed by atoms with E-state index in [1.54, 1.807) is 0 Å². The molecule has 0 saturated heterocycles. The molecular weight excluding hydrogens is 282 g/mol. The van der Waals surface area contributed by atoms with Crippen molar-refractivity contribution in [3.8, 4) is 0 Å². The van der Waals surface area contributed by atoms with Crippen LogP contribution in [0.15, 0.2) is 10.5 Å². The second kappa shape index (κ2) is 6.77. The standard InChI is InChI=1S/C13H22BrNS/c1-5-7-15-13(9(3)6-2)12-8-11(14)10(4)16-12/h8-9,13,15H,5-7H2,1-4H3. The summed E-state index contributed by atoms with van der Waals surface area (Å²) < 4.78 is 1.25. The number of aryl methyl sites for hydroxylation is 1. The number of thiophene rings is 1. The predicted molar refractivity (Wildman–Crippen MR) is 77.2 cm³/mol. The lowest BCUT2D eigenvalue weighted by Gasteiger charge is -2.23. The molecule has 1 nitrogen and oxygen atoms in total. The molecule has 92 valence electrons. The van der Waals surface area contributed by atoms with Crippen molar-refractivity contribution in [1.29, 1.82) is 0 Å². The van der Waals surface area contributed by atoms with Gasteiger partial charge in [-0.05, 0) is 47.8 Å². The van der Waals surface area contributed by atoms with Gasteiger partial charge in [-0.3, -0.25) is 0 Å². The molecule has 1 heterocycles. The fraction of sp³-hybridized carbons (Fsp3) is 0.692. The molecule has 0 radical (unpaired) electrons. The lowest BCUT2D eigenvalue weighted by Crippen LogP contribution is -2.26. The summed E-state index contributed by atoms with van der Waals surface area (Å²) in [6.45, 7) is 10.1. The molecule has 0 aliphatic heterocycles. The molecule has 0 bridgehead atoms. The first-order valence-corrected chi connectivity index (χ1v) is 7.70. The van der Waals surface area contributed by atoms with E-state index in [9.17, 15) is 0 Å². The number of nitrogens with one attached hydrogen (secondary N) is 1. The summed E-state index contributed by atoms with van der Waals surface area (Å²) in [5, 5.41) is 3.67. The largest absolute Gasteiger partial charge is 0.309 e. The van der Waals surface area contributed by atoms with Gasteiger partial charge in [0, 0.05) is 20.3 Å². The zero-order valence-corrected chi connectivity index (χ0v) is 13.0. The summed E-state index contributed by atoms with van der Waals surface area (Å²) in [4.78, 5) is 2.84. The van der Waals surface area contributed by atoms with Crippen LogP contribution in [0.2, 0.25) is 0 Å². The van der Waals surface area contributed by atoms with Gasteiger partial charge < -0.3 is 5.32 Å². The van der Waals surface area contributed by atoms with Crippen LogP contribution in [0.3, 0.4) is 0 Å². The van der Waals surface area contributed by atoms with Gasteiger partial charge in [-0.1, -0.05) is 27.2 Å². The molecule has 1 aromatic rings. The van der Waals surface area contributed by atoms with Crippen LogP contribution < -0.4 is 5.32 Å². The highest BCUT2D eigenvalue weighted by molar-refractivity contribution is 9.10. The maximum absolute atomic E-state index is 3.67. The van der Waals surface area contributed by atoms with Crippen molar-refractivity contribution in [3.63, 3.8) is 0 Å². The van der Waals surface area contributed by atoms with Gasteiger partial charge in [0.25, 0.3) is 0 Å². The molecule has 0 aliphatic rings. The number of rotatable bonds is 6. The minimum atomic E-state index is 0.514. The van der Waals surface area contributed by atoms with E-state index < -0.39 is 0 Å². The Morgan fingerprint density at radius 3 is 2.56 bits per heavy atom. The predicted octanol–water partition coefficient (Wildman–Crippen LogP) is 4.91. The maximum atomic E-state index is 3.67. The first-order valence-electron chi connectivity index (χ1n) is 6.09. The van der Waals surface area contributed by atoms with Crippen LogP contribution in [-0.2, 0) is 0 Å². The Labute approximate surface area is 112 Å². The Kier molecular flexibility index (Phi) is 6.01. The molecule has 1 N–H and O–H groups in total. The molecule has 1 aromatic heterocycles. The van der Waals surface area contributed by atoms with Gasteiger partial charge >= 0.3 is 0 Å². The fourth-order valence-corrected chi connectivity index (χ4v) is 3.52. The highest BCUT2D eigenvalue weighted by atomic mass is 79.9. The van der Waals surface area contributed by atoms with E-state index in [4.69, 9.17) is 0 Å². The van der Waals surface area contributed by atoms with Gasteiger partial charge in [0.15, 0.2) is 0 Å². The van der Waals surface area contributed by atoms with Gasteiger partial charge in [-0.2, -0.15) is 0 Å². The Hall–Kier alpha value is 0.140. The third-order valence-corrected chi connectivity index (χ3v) is 5.23. The molecule has 0 spiro atoms. The lowest BCUT2D eigenvalue weighted by atomic mass is 9.97. The summed E-state index contributed by atoms with van der Waals surface area (Å²) in [6.07, 6.45) is 2.41. The Morgan fingerprint density at radius 2 is 2.12 bits per heavy atom. The van der Waals surface area contributed by atoms with Crippen molar-refractivity contribution in [2.45, 2.75) is 46.6 Å². The third-order valence-electron chi connectivity index (χ3n) is 3.01. The average Bonchev–Trinajstić information content (AvgIpc) is 2.59. The number of hydrogen-bond donors (Lipinski definition) is 1. The SMILES string of the molecule is CCCNC(c1cc(Br)c(C)s1)C(C)CC. The molecule has 2 atom stereocenters. The maximum Gasteiger partial charge on any atom is 0.0441 e. The van der Waals surface area contributed by atoms with E-state index in [2.05, 4.69) is 55.0 Å². The smallest absolute Gasteiger partial charge is 0.0441 e. The van der Waals surface area contributed by atoms with Crippen LogP contribution in [0.5, 0.6) is 0 Å². The lowest BCUT2D eigenvalue weighted by molar-refractivity contribution is 0.382. The van der Waals surface area contributed by atoms with E-state index in [0.717, 1.165) is 6.54 Å². The van der Waals surface area contributed by atoms with Crippen LogP contribution in [0.1, 0.15) is 49.4 Å². The normalized spacial score (nSPS) is 15.1. The first-order chi connectivity index (χ1) is 7.60. The van der Waals surface area contributed by atoms with Crippen LogP contribution in [0.4, 0.5) is 0 Å². The van der Waals surface area contributed by atoms with Gasteiger partial charge in [0.2, 0.25) is 0 Å². The molecule has 1 rings (SSSR count). The number of halogens is 1. The van der Waals surface area contributed by atoms with Gasteiger partial charge in [0.1, 0.15) is 0 Å². The highest BCUT2D eigenvalue weighted by Gasteiger charge is 2.19. The van der Waals surface area contributed by atoms with Crippen molar-refractivity contribution in [1.82, 2.24) is 5.32 Å². The Morgan fingerprint density at radius 1 is 1.44 bits per heavy atom. The molecule has 0 aromatic carbocycles. The minimum Gasteiger partial charge on any atom is -0.309 e. The first kappa shape index (κ1) is 14.2. The van der Waals surface area contributed by atoms with Crippen molar-refractivity contribution >= 4 is 27.3 Å². The van der Waals surface area contributed by atoms with Crippen LogP contribution in [0.25, 0.3) is 0 Å². The monoisotopic (exact) mass is 303 g/mol. The summed E-state index contributed by atoms with van der Waals surface area (Å²) in [7, 11) is 0. The zero-order valence-electron chi connectivity index (χ0n) is 10.6. The van der Waals surface area contributed by atoms with Crippen molar-refractivity contribution in [2.75, 3.05) is 6.54 Å². The van der Waals surface area contributed by atoms with Crippen molar-refractivity contribution in [2.24, 2.45) is 5.92 Å². The second-order valence-electron chi connectivity index (χ2n) is 4.37. The summed E-state index contributed by atoms with van der Waals surface area (Å²) in [5.74, 6) is 0.691. The van der Waals surface area contributed by atoms with E-state index >= 15 is 0 Å². The molecule has 2 unspecified atom stereocenters. The van der Waals surface area contributed by atoms with E-state index in [0.29, 0.717) is 12.0 Å². The summed E-state index contributed by atoms with van der Waals surface area (Å²) >= 11 is 5.51. The fourth-order valence-electron chi connectivity index (χ4n) is 1.75. The van der Waals surface area contributed by atoms with Crippen molar-refractivity contribution in [3.05, 3.63) is 20.3 Å². The van der Waals surface area contributed by atoms with Crippen LogP contribution in [0, 0.1) is 12.8 Å². The van der Waals surface area contributed by atoms with Gasteiger partial charge in [-0.15, -0.1) is 11.3 Å². The molecule has 3 heteroatoms. The van der Waals surface area contributed by atoms with Gasteiger partial charge in [0.05, 0.1) is 0 Å². The topological polar surface area (TPSA) is 12.0 Å². The zero-order chi connectivity index (χ0) is 12.1. The van der Waals surface area contributed by atoms with E-state index in [1.807, 2.05) is 11.3 Å². The minimum absolute atomic E-state index is 0.514. The molecule has 0 saturated carbocycles. The third kappa shape index (κ3) is 3.57. The van der Waals surface area contributed by atoms with Crippen molar-refractivity contribution < 1.29 is 0 Å². The Balaban J connectivity index is 2.82. The van der Waals surface area contributed by atoms with E-state index in [-0.39, 0.29) is 0 Å². The van der Waals surface area contributed by atoms with Crippen LogP contribution >= 0.6 is 27.3 Å². The highest BCUT2D eigenvalue weighted by Crippen LogP contribution is 2.34. The second-order valence-corrected chi connectivity index (χ2v) is 6.51. The van der Waals surface area contributed by atoms with Crippen LogP contribution in [-0.4, -0.2) is 6.54 Å². The summed E-state index contributed by atoms with van der Waals surface area (Å²) in [5.41, 5.74) is 0. The Bertz CT molecular complexity index is 302. The van der Waals surface area contributed by atoms with Gasteiger partial charge in [-0.25, -0.2) is 0 Å². The number of hydrogen-bond acceptors (Lipinski definition) is 2. The molecule has 0 amide bonds. The molecule has 0 fully saturated rings. The molecule has 16 heavy (non-hydrogen) atoms. The van der Waals surface area contributed by atoms with E-state index in [1.165, 1.54) is 27.1 Å². The molecule has 0 aliphatic carbocycles. The average molecular weight is 304 g/mol. The molecular formula is C13H22BrNS.